The fraction of sp³-hybridized carbons (Fsp3) is 0.333. The molecule has 0 radical (unpaired) electrons. The van der Waals surface area contributed by atoms with Crippen LogP contribution in [0.2, 0.25) is 0 Å². The lowest BCUT2D eigenvalue weighted by Crippen LogP contribution is -2.37. The smallest absolute Gasteiger partial charge is 0.412 e. The molecule has 44 heavy (non-hydrogen) atoms. The zero-order chi connectivity index (χ0) is 30.8. The van der Waals surface area contributed by atoms with E-state index >= 15 is 4.39 Å². The van der Waals surface area contributed by atoms with Gasteiger partial charge in [-0.1, -0.05) is 0 Å². The number of rotatable bonds is 8. The third-order valence-corrected chi connectivity index (χ3v) is 8.15. The second-order valence-electron chi connectivity index (χ2n) is 10.3. The average molecular weight is 620 g/mol. The Morgan fingerprint density at radius 2 is 1.80 bits per heavy atom. The largest absolute Gasteiger partial charge is 0.484 e. The molecule has 0 bridgehead atoms. The van der Waals surface area contributed by atoms with Crippen molar-refractivity contribution in [1.29, 1.82) is 0 Å². The third-order valence-electron chi connectivity index (χ3n) is 7.10. The van der Waals surface area contributed by atoms with E-state index in [1.807, 2.05) is 24.0 Å². The Morgan fingerprint density at radius 1 is 1.02 bits per heavy atom. The van der Waals surface area contributed by atoms with Gasteiger partial charge in [0, 0.05) is 30.8 Å². The molecular formula is C30H30FN7O5S. The van der Waals surface area contributed by atoms with Crippen LogP contribution in [0, 0.1) is 12.7 Å². The zero-order valence-electron chi connectivity index (χ0n) is 24.5. The summed E-state index contributed by atoms with van der Waals surface area (Å²) in [5.74, 6) is 0.436. The van der Waals surface area contributed by atoms with Gasteiger partial charge in [-0.05, 0) is 38.5 Å². The number of thiazole rings is 1. The number of aromatic nitrogens is 5. The molecule has 0 saturated carbocycles. The monoisotopic (exact) mass is 619 g/mol. The van der Waals surface area contributed by atoms with Crippen molar-refractivity contribution >= 4 is 50.3 Å². The first-order valence-electron chi connectivity index (χ1n) is 14.0. The van der Waals surface area contributed by atoms with Gasteiger partial charge < -0.3 is 23.8 Å². The minimum atomic E-state index is -0.704. The highest BCUT2D eigenvalue weighted by Crippen LogP contribution is 2.37. The number of morpholine rings is 1. The highest BCUT2D eigenvalue weighted by Gasteiger charge is 2.22. The van der Waals surface area contributed by atoms with Crippen molar-refractivity contribution in [3.63, 3.8) is 0 Å². The first-order valence-corrected chi connectivity index (χ1v) is 14.8. The molecule has 1 amide bonds. The van der Waals surface area contributed by atoms with Crippen molar-refractivity contribution in [3.05, 3.63) is 54.2 Å². The van der Waals surface area contributed by atoms with Crippen LogP contribution < -0.4 is 19.7 Å². The van der Waals surface area contributed by atoms with E-state index in [4.69, 9.17) is 18.9 Å². The molecule has 12 nitrogen and oxygen atoms in total. The van der Waals surface area contributed by atoms with Crippen molar-refractivity contribution in [3.8, 4) is 22.2 Å². The Morgan fingerprint density at radius 3 is 2.55 bits per heavy atom. The summed E-state index contributed by atoms with van der Waals surface area (Å²) in [6.07, 6.45) is 2.52. The van der Waals surface area contributed by atoms with E-state index in [0.717, 1.165) is 15.8 Å². The highest BCUT2D eigenvalue weighted by atomic mass is 32.1. The van der Waals surface area contributed by atoms with Gasteiger partial charge in [-0.15, -0.1) is 11.3 Å². The summed E-state index contributed by atoms with van der Waals surface area (Å²) >= 11 is 1.39. The number of carbonyl (C=O) groups excluding carboxylic acids is 1. The molecule has 4 heterocycles. The molecule has 1 aliphatic heterocycles. The predicted molar refractivity (Wildman–Crippen MR) is 164 cm³/mol. The van der Waals surface area contributed by atoms with Crippen LogP contribution in [0.1, 0.15) is 19.4 Å². The van der Waals surface area contributed by atoms with Gasteiger partial charge in [0.15, 0.2) is 11.6 Å². The van der Waals surface area contributed by atoms with E-state index in [-0.39, 0.29) is 5.75 Å². The van der Waals surface area contributed by atoms with Gasteiger partial charge in [0.2, 0.25) is 11.8 Å². The van der Waals surface area contributed by atoms with Gasteiger partial charge >= 0.3 is 6.09 Å². The molecule has 1 fully saturated rings. The van der Waals surface area contributed by atoms with E-state index in [2.05, 4.69) is 30.2 Å². The fourth-order valence-electron chi connectivity index (χ4n) is 4.67. The normalized spacial score (nSPS) is 14.8. The van der Waals surface area contributed by atoms with Crippen molar-refractivity contribution in [1.82, 2.24) is 24.9 Å². The number of benzene rings is 2. The second-order valence-corrected chi connectivity index (χ2v) is 11.3. The molecule has 0 aliphatic carbocycles. The molecule has 2 aromatic carbocycles. The Labute approximate surface area is 256 Å². The molecule has 1 N–H and O–H groups in total. The number of nitrogens with zero attached hydrogens (tertiary/aromatic N) is 6. The number of hydrogen-bond acceptors (Lipinski definition) is 12. The summed E-state index contributed by atoms with van der Waals surface area (Å²) in [7, 11) is 1.54. The minimum Gasteiger partial charge on any atom is -0.484 e. The maximum Gasteiger partial charge on any atom is 0.412 e. The molecule has 5 aromatic rings. The number of methoxy groups -OCH3 is 1. The Bertz CT molecular complexity index is 1810. The van der Waals surface area contributed by atoms with Crippen LogP contribution in [0.15, 0.2) is 42.9 Å². The molecule has 228 valence electrons. The molecule has 0 unspecified atom stereocenters. The molecule has 3 aromatic heterocycles. The third kappa shape index (κ3) is 6.31. The van der Waals surface area contributed by atoms with Gasteiger partial charge in [-0.2, -0.15) is 0 Å². The summed E-state index contributed by atoms with van der Waals surface area (Å²) < 4.78 is 37.8. The molecule has 1 aliphatic rings. The topological polar surface area (TPSA) is 134 Å². The quantitative estimate of drug-likeness (QED) is 0.240. The van der Waals surface area contributed by atoms with Crippen LogP contribution in [0.25, 0.3) is 31.8 Å². The molecule has 6 rings (SSSR count). The standard InChI is InChI=1S/C30H30FN7O5S/c1-16-9-20(27-23(10-16)36-26(40-4)15-32-27)28-37-22-11-21(31)24(12-25(22)44-28)42-17(2)18(3)43-30(39)35-19-13-33-29(34-14-19)38-5-7-41-8-6-38/h9-15,17-18H,5-8H2,1-4H3,(H,35,39)/t17-,18+/m0/s1. The predicted octanol–water partition coefficient (Wildman–Crippen LogP) is 5.39. The van der Waals surface area contributed by atoms with Crippen LogP contribution in [0.4, 0.5) is 20.8 Å². The van der Waals surface area contributed by atoms with Gasteiger partial charge in [0.25, 0.3) is 0 Å². The van der Waals surface area contributed by atoms with E-state index in [0.29, 0.717) is 65.4 Å². The number of hydrogen-bond donors (Lipinski definition) is 1. The number of ether oxygens (including phenoxy) is 4. The summed E-state index contributed by atoms with van der Waals surface area (Å²) in [6.45, 7) is 7.98. The maximum atomic E-state index is 15.1. The van der Waals surface area contributed by atoms with Gasteiger partial charge in [0.05, 0.1) is 65.9 Å². The Kier molecular flexibility index (Phi) is 8.35. The van der Waals surface area contributed by atoms with Gasteiger partial charge in [-0.3, -0.25) is 5.32 Å². The van der Waals surface area contributed by atoms with E-state index in [9.17, 15) is 4.79 Å². The number of amides is 1. The Hall–Kier alpha value is -4.69. The molecule has 14 heteroatoms. The minimum absolute atomic E-state index is 0.0294. The van der Waals surface area contributed by atoms with E-state index < -0.39 is 24.1 Å². The first-order chi connectivity index (χ1) is 21.3. The lowest BCUT2D eigenvalue weighted by Gasteiger charge is -2.26. The van der Waals surface area contributed by atoms with E-state index in [1.54, 1.807) is 33.2 Å². The van der Waals surface area contributed by atoms with Crippen LogP contribution >= 0.6 is 11.3 Å². The summed E-state index contributed by atoms with van der Waals surface area (Å²) in [5.41, 5.74) is 4.00. The van der Waals surface area contributed by atoms with Crippen molar-refractivity contribution in [2.75, 3.05) is 43.6 Å². The lowest BCUT2D eigenvalue weighted by molar-refractivity contribution is 0.0402. The van der Waals surface area contributed by atoms with Crippen LogP contribution in [0.3, 0.4) is 0 Å². The van der Waals surface area contributed by atoms with Crippen molar-refractivity contribution < 1.29 is 28.1 Å². The molecule has 1 saturated heterocycles. The number of fused-ring (bicyclic) bond motifs is 2. The summed E-state index contributed by atoms with van der Waals surface area (Å²) in [5, 5.41) is 3.29. The van der Waals surface area contributed by atoms with E-state index in [1.165, 1.54) is 29.8 Å². The summed E-state index contributed by atoms with van der Waals surface area (Å²) in [6, 6.07) is 6.85. The molecule has 2 atom stereocenters. The number of halogens is 1. The maximum absolute atomic E-state index is 15.1. The van der Waals surface area contributed by atoms with Crippen molar-refractivity contribution in [2.24, 2.45) is 0 Å². The van der Waals surface area contributed by atoms with Gasteiger partial charge in [0.1, 0.15) is 17.2 Å². The molecular weight excluding hydrogens is 589 g/mol. The van der Waals surface area contributed by atoms with Gasteiger partial charge in [-0.25, -0.2) is 34.1 Å². The molecule has 0 spiro atoms. The summed E-state index contributed by atoms with van der Waals surface area (Å²) in [4.78, 5) is 36.9. The fourth-order valence-corrected chi connectivity index (χ4v) is 5.66. The number of nitrogens with one attached hydrogen (secondary N) is 1. The van der Waals surface area contributed by atoms with Crippen LogP contribution in [-0.2, 0) is 9.47 Å². The average Bonchev–Trinajstić information content (AvgIpc) is 3.43. The SMILES string of the molecule is COc1cnc2c(-c3nc4cc(F)c(O[C@@H](C)[C@@H](C)OC(=O)Nc5cnc(N6CCOCC6)nc5)cc4s3)cc(C)cc2n1. The first kappa shape index (κ1) is 29.4. The van der Waals surface area contributed by atoms with Crippen LogP contribution in [-0.4, -0.2) is 76.6 Å². The number of carbonyl (C=O) groups is 1. The zero-order valence-corrected chi connectivity index (χ0v) is 25.4. The van der Waals surface area contributed by atoms with Crippen LogP contribution in [0.5, 0.6) is 11.6 Å². The second kappa shape index (κ2) is 12.5. The number of anilines is 2. The highest BCUT2D eigenvalue weighted by molar-refractivity contribution is 7.21. The Balaban J connectivity index is 1.12. The number of aryl methyl sites for hydroxylation is 1. The lowest BCUT2D eigenvalue weighted by atomic mass is 10.1. The van der Waals surface area contributed by atoms with Crippen molar-refractivity contribution in [2.45, 2.75) is 33.0 Å².